The lowest BCUT2D eigenvalue weighted by Crippen LogP contribution is -2.51. The van der Waals surface area contributed by atoms with Gasteiger partial charge < -0.3 is 18.9 Å². The number of ether oxygens (including phenoxy) is 4. The maximum absolute atomic E-state index is 11.9. The van der Waals surface area contributed by atoms with Crippen LogP contribution < -0.4 is 0 Å². The summed E-state index contributed by atoms with van der Waals surface area (Å²) in [7, 11) is 1.18. The first-order chi connectivity index (χ1) is 12.2. The molecule has 5 atom stereocenters. The number of azide groups is 1. The Morgan fingerprint density at radius 2 is 1.92 bits per heavy atom. The zero-order valence-corrected chi connectivity index (χ0v) is 15.4. The summed E-state index contributed by atoms with van der Waals surface area (Å²) in [5.41, 5.74) is 8.78. The molecule has 10 nitrogen and oxygen atoms in total. The Bertz CT molecular complexity index is 627. The van der Waals surface area contributed by atoms with Gasteiger partial charge in [-0.25, -0.2) is 4.79 Å². The third kappa shape index (κ3) is 5.38. The number of esters is 3. The minimum absolute atomic E-state index is 0.164. The second-order valence-electron chi connectivity index (χ2n) is 5.79. The second kappa shape index (κ2) is 9.67. The van der Waals surface area contributed by atoms with Gasteiger partial charge in [0, 0.05) is 24.7 Å². The number of carbonyl (C=O) groups is 3. The van der Waals surface area contributed by atoms with Gasteiger partial charge in [-0.3, -0.25) is 9.59 Å². The third-order valence-corrected chi connectivity index (χ3v) is 3.93. The van der Waals surface area contributed by atoms with E-state index in [2.05, 4.69) is 14.8 Å². The van der Waals surface area contributed by atoms with Gasteiger partial charge in [0.15, 0.2) is 6.10 Å². The van der Waals surface area contributed by atoms with E-state index in [1.165, 1.54) is 27.0 Å². The highest BCUT2D eigenvalue weighted by Crippen LogP contribution is 2.32. The molecule has 144 valence electrons. The van der Waals surface area contributed by atoms with E-state index >= 15 is 0 Å². The molecule has 0 spiro atoms. The fourth-order valence-corrected chi connectivity index (χ4v) is 2.72. The van der Waals surface area contributed by atoms with Crippen molar-refractivity contribution in [2.45, 2.75) is 58.5 Å². The van der Waals surface area contributed by atoms with Crippen LogP contribution in [-0.4, -0.2) is 49.4 Å². The van der Waals surface area contributed by atoms with Crippen molar-refractivity contribution in [1.82, 2.24) is 0 Å². The monoisotopic (exact) mass is 369 g/mol. The molecule has 0 radical (unpaired) electrons. The van der Waals surface area contributed by atoms with Crippen molar-refractivity contribution in [1.29, 1.82) is 0 Å². The van der Waals surface area contributed by atoms with Crippen molar-refractivity contribution in [3.05, 3.63) is 22.3 Å². The van der Waals surface area contributed by atoms with E-state index in [-0.39, 0.29) is 5.76 Å². The molecule has 0 saturated carbocycles. The highest BCUT2D eigenvalue weighted by atomic mass is 16.6. The van der Waals surface area contributed by atoms with Crippen LogP contribution >= 0.6 is 0 Å². The first-order valence-corrected chi connectivity index (χ1v) is 8.10. The molecule has 0 aromatic heterocycles. The summed E-state index contributed by atoms with van der Waals surface area (Å²) in [6.07, 6.45) is -0.996. The topological polar surface area (TPSA) is 137 Å². The molecule has 1 rings (SSSR count). The SMILES string of the molecule is CC[C@@H](OC(C)=O)[C@@H](OC(C)=O)C1OC(C(=O)OC)=CC(N=[N+]=[N-])C1C. The first-order valence-electron chi connectivity index (χ1n) is 8.10. The Morgan fingerprint density at radius 1 is 1.31 bits per heavy atom. The average molecular weight is 369 g/mol. The molecule has 3 unspecified atom stereocenters. The van der Waals surface area contributed by atoms with E-state index in [0.717, 1.165) is 0 Å². The Kier molecular flexibility index (Phi) is 7.92. The molecule has 26 heavy (non-hydrogen) atoms. The average Bonchev–Trinajstić information content (AvgIpc) is 2.58. The molecule has 1 heterocycles. The molecule has 0 N–H and O–H groups in total. The summed E-state index contributed by atoms with van der Waals surface area (Å²) in [6.45, 7) is 5.91. The van der Waals surface area contributed by atoms with Crippen LogP contribution in [0.4, 0.5) is 0 Å². The maximum atomic E-state index is 11.9. The van der Waals surface area contributed by atoms with Crippen molar-refractivity contribution in [3.63, 3.8) is 0 Å². The fraction of sp³-hybridized carbons (Fsp3) is 0.688. The highest BCUT2D eigenvalue weighted by molar-refractivity contribution is 5.86. The fourth-order valence-electron chi connectivity index (χ4n) is 2.72. The van der Waals surface area contributed by atoms with Crippen LogP contribution in [0, 0.1) is 5.92 Å². The number of nitrogens with zero attached hydrogens (tertiary/aromatic N) is 3. The number of hydrogen-bond donors (Lipinski definition) is 0. The lowest BCUT2D eigenvalue weighted by Gasteiger charge is -2.39. The van der Waals surface area contributed by atoms with Crippen LogP contribution in [0.2, 0.25) is 0 Å². The number of hydrogen-bond acceptors (Lipinski definition) is 8. The molecule has 0 aromatic carbocycles. The third-order valence-electron chi connectivity index (χ3n) is 3.93. The standard InChI is InChI=1S/C16H23N3O7/c1-6-12(24-9(3)20)15(25-10(4)21)14-8(2)11(18-19-17)7-13(26-14)16(22)23-5/h7-8,11-12,14-15H,6H2,1-5H3/t8?,11?,12-,14?,15-/m1/s1. The lowest BCUT2D eigenvalue weighted by atomic mass is 9.87. The molecule has 1 aliphatic heterocycles. The van der Waals surface area contributed by atoms with Gasteiger partial charge in [-0.05, 0) is 18.0 Å². The van der Waals surface area contributed by atoms with Crippen LogP contribution in [0.15, 0.2) is 16.9 Å². The first kappa shape index (κ1) is 21.3. The predicted octanol–water partition coefficient (Wildman–Crippen LogP) is 2.03. The number of methoxy groups -OCH3 is 1. The van der Waals surface area contributed by atoms with Gasteiger partial charge in [0.1, 0.15) is 12.2 Å². The molecule has 0 aliphatic carbocycles. The molecule has 10 heteroatoms. The van der Waals surface area contributed by atoms with Crippen LogP contribution in [0.25, 0.3) is 10.4 Å². The Hall–Kier alpha value is -2.74. The van der Waals surface area contributed by atoms with E-state index in [4.69, 9.17) is 19.7 Å². The Labute approximate surface area is 151 Å². The van der Waals surface area contributed by atoms with Gasteiger partial charge in [0.2, 0.25) is 5.76 Å². The van der Waals surface area contributed by atoms with E-state index in [0.29, 0.717) is 6.42 Å². The summed E-state index contributed by atoms with van der Waals surface area (Å²) >= 11 is 0. The Balaban J connectivity index is 3.30. The van der Waals surface area contributed by atoms with Gasteiger partial charge in [-0.15, -0.1) is 0 Å². The smallest absolute Gasteiger partial charge is 0.372 e. The normalized spacial score (nSPS) is 24.0. The molecule has 1 aliphatic rings. The molecule has 0 saturated heterocycles. The van der Waals surface area contributed by atoms with Crippen LogP contribution in [0.3, 0.4) is 0 Å². The van der Waals surface area contributed by atoms with Crippen LogP contribution in [0.5, 0.6) is 0 Å². The van der Waals surface area contributed by atoms with Gasteiger partial charge in [-0.1, -0.05) is 19.0 Å². The van der Waals surface area contributed by atoms with Gasteiger partial charge in [0.05, 0.1) is 13.2 Å². The van der Waals surface area contributed by atoms with Crippen LogP contribution in [-0.2, 0) is 33.3 Å². The number of rotatable bonds is 7. The van der Waals surface area contributed by atoms with Gasteiger partial charge in [0.25, 0.3) is 0 Å². The second-order valence-corrected chi connectivity index (χ2v) is 5.79. The minimum Gasteiger partial charge on any atom is -0.479 e. The summed E-state index contributed by atoms with van der Waals surface area (Å²) in [4.78, 5) is 37.6. The minimum atomic E-state index is -0.999. The lowest BCUT2D eigenvalue weighted by molar-refractivity contribution is -0.183. The molecule has 0 bridgehead atoms. The predicted molar refractivity (Wildman–Crippen MR) is 88.5 cm³/mol. The van der Waals surface area contributed by atoms with Gasteiger partial charge >= 0.3 is 17.9 Å². The molecular weight excluding hydrogens is 346 g/mol. The van der Waals surface area contributed by atoms with Crippen molar-refractivity contribution in [3.8, 4) is 0 Å². The molecule has 0 amide bonds. The summed E-state index contributed by atoms with van der Waals surface area (Å²) in [5.74, 6) is -2.54. The zero-order valence-electron chi connectivity index (χ0n) is 15.4. The van der Waals surface area contributed by atoms with Crippen molar-refractivity contribution in [2.75, 3.05) is 7.11 Å². The maximum Gasteiger partial charge on any atom is 0.372 e. The van der Waals surface area contributed by atoms with Crippen LogP contribution in [0.1, 0.15) is 34.1 Å². The summed E-state index contributed by atoms with van der Waals surface area (Å²) in [6, 6.07) is -0.735. The molecular formula is C16H23N3O7. The summed E-state index contributed by atoms with van der Waals surface area (Å²) in [5, 5.41) is 3.66. The largest absolute Gasteiger partial charge is 0.479 e. The molecule has 0 aromatic rings. The number of carbonyl (C=O) groups excluding carboxylic acids is 3. The van der Waals surface area contributed by atoms with E-state index in [1.807, 2.05) is 0 Å². The zero-order chi connectivity index (χ0) is 19.9. The summed E-state index contributed by atoms with van der Waals surface area (Å²) < 4.78 is 20.9. The van der Waals surface area contributed by atoms with Crippen molar-refractivity contribution < 1.29 is 33.3 Å². The highest BCUT2D eigenvalue weighted by Gasteiger charge is 2.44. The quantitative estimate of drug-likeness (QED) is 0.220. The van der Waals surface area contributed by atoms with E-state index in [9.17, 15) is 14.4 Å². The van der Waals surface area contributed by atoms with Gasteiger partial charge in [-0.2, -0.15) is 0 Å². The van der Waals surface area contributed by atoms with E-state index in [1.54, 1.807) is 13.8 Å². The van der Waals surface area contributed by atoms with E-state index < -0.39 is 48.2 Å². The van der Waals surface area contributed by atoms with Crippen molar-refractivity contribution >= 4 is 17.9 Å². The van der Waals surface area contributed by atoms with Crippen molar-refractivity contribution in [2.24, 2.45) is 11.0 Å². The Morgan fingerprint density at radius 3 is 2.38 bits per heavy atom. The molecule has 0 fully saturated rings.